The van der Waals surface area contributed by atoms with Crippen LogP contribution in [-0.4, -0.2) is 59.9 Å². The van der Waals surface area contributed by atoms with Gasteiger partial charge in [-0.3, -0.25) is 9.59 Å². The van der Waals surface area contributed by atoms with Crippen molar-refractivity contribution in [2.45, 2.75) is 45.3 Å². The van der Waals surface area contributed by atoms with Gasteiger partial charge in [-0.1, -0.05) is 6.92 Å². The van der Waals surface area contributed by atoms with Gasteiger partial charge in [0.2, 0.25) is 11.8 Å². The summed E-state index contributed by atoms with van der Waals surface area (Å²) >= 11 is 0. The minimum absolute atomic E-state index is 0.0444. The number of amides is 2. The van der Waals surface area contributed by atoms with E-state index in [1.807, 2.05) is 14.0 Å². The zero-order valence-electron chi connectivity index (χ0n) is 15.5. The predicted octanol–water partition coefficient (Wildman–Crippen LogP) is 0.635. The molecule has 1 aliphatic heterocycles. The molecule has 2 heterocycles. The fourth-order valence-corrected chi connectivity index (χ4v) is 3.18. The molecule has 1 aromatic heterocycles. The van der Waals surface area contributed by atoms with Gasteiger partial charge in [0.05, 0.1) is 31.5 Å². The van der Waals surface area contributed by atoms with Gasteiger partial charge < -0.3 is 19.7 Å². The van der Waals surface area contributed by atoms with Crippen molar-refractivity contribution in [1.29, 1.82) is 0 Å². The molecule has 2 rings (SSSR count). The molecule has 0 bridgehead atoms. The number of nitrogens with one attached hydrogen (secondary N) is 1. The Kier molecular flexibility index (Phi) is 6.81. The molecule has 0 aliphatic carbocycles. The summed E-state index contributed by atoms with van der Waals surface area (Å²) in [4.78, 5) is 26.3. The lowest BCUT2D eigenvalue weighted by atomic mass is 10.2. The van der Waals surface area contributed by atoms with E-state index in [9.17, 15) is 9.59 Å². The van der Waals surface area contributed by atoms with Crippen LogP contribution in [-0.2, 0) is 34.3 Å². The Morgan fingerprint density at radius 2 is 2.12 bits per heavy atom. The molecule has 0 spiro atoms. The second-order valence-corrected chi connectivity index (χ2v) is 6.17. The van der Waals surface area contributed by atoms with Gasteiger partial charge in [0, 0.05) is 20.7 Å². The van der Waals surface area contributed by atoms with Crippen molar-refractivity contribution in [2.75, 3.05) is 27.3 Å². The summed E-state index contributed by atoms with van der Waals surface area (Å²) in [6.07, 6.45) is 2.83. The van der Waals surface area contributed by atoms with E-state index in [0.717, 1.165) is 30.5 Å². The number of nitrogens with zero attached hydrogens (tertiary/aromatic N) is 3. The summed E-state index contributed by atoms with van der Waals surface area (Å²) in [5, 5.41) is 7.27. The molecule has 1 atom stereocenters. The van der Waals surface area contributed by atoms with E-state index in [4.69, 9.17) is 9.47 Å². The van der Waals surface area contributed by atoms with Gasteiger partial charge >= 0.3 is 0 Å². The highest BCUT2D eigenvalue weighted by Crippen LogP contribution is 2.21. The van der Waals surface area contributed by atoms with Gasteiger partial charge in [0.15, 0.2) is 0 Å². The SMILES string of the molecule is CCc1nn(C)c(OC)c1CNC(=O)CN1CCCCC(OC)C1=O. The standard InChI is InChI=1S/C17H28N4O4/c1-5-13-12(17(25-4)20(2)19-13)10-18-15(22)11-21-9-7-6-8-14(24-3)16(21)23/h14H,5-11H2,1-4H3,(H,18,22). The fraction of sp³-hybridized carbons (Fsp3) is 0.706. The molecule has 8 nitrogen and oxygen atoms in total. The first-order valence-electron chi connectivity index (χ1n) is 8.68. The van der Waals surface area contributed by atoms with Crippen LogP contribution in [0.5, 0.6) is 5.88 Å². The third-order valence-electron chi connectivity index (χ3n) is 4.51. The Bertz CT molecular complexity index is 614. The lowest BCUT2D eigenvalue weighted by molar-refractivity contribution is -0.144. The first kappa shape index (κ1) is 19.2. The van der Waals surface area contributed by atoms with Crippen LogP contribution in [0.25, 0.3) is 0 Å². The lowest BCUT2D eigenvalue weighted by Gasteiger charge is -2.23. The number of rotatable bonds is 7. The maximum atomic E-state index is 12.4. The smallest absolute Gasteiger partial charge is 0.252 e. The highest BCUT2D eigenvalue weighted by Gasteiger charge is 2.28. The molecule has 0 saturated carbocycles. The molecule has 140 valence electrons. The highest BCUT2D eigenvalue weighted by atomic mass is 16.5. The predicted molar refractivity (Wildman–Crippen MR) is 92.2 cm³/mol. The van der Waals surface area contributed by atoms with Crippen LogP contribution in [0.15, 0.2) is 0 Å². The van der Waals surface area contributed by atoms with E-state index < -0.39 is 6.10 Å². The minimum atomic E-state index is -0.444. The second kappa shape index (κ2) is 8.84. The van der Waals surface area contributed by atoms with E-state index in [2.05, 4.69) is 10.4 Å². The van der Waals surface area contributed by atoms with E-state index in [0.29, 0.717) is 25.4 Å². The number of hydrogen-bond donors (Lipinski definition) is 1. The van der Waals surface area contributed by atoms with Crippen LogP contribution in [0, 0.1) is 0 Å². The zero-order chi connectivity index (χ0) is 18.4. The number of aryl methyl sites for hydroxylation is 2. The molecule has 1 unspecified atom stereocenters. The quantitative estimate of drug-likeness (QED) is 0.778. The largest absolute Gasteiger partial charge is 0.481 e. The Labute approximate surface area is 148 Å². The topological polar surface area (TPSA) is 85.7 Å². The Morgan fingerprint density at radius 1 is 1.36 bits per heavy atom. The number of carbonyl (C=O) groups is 2. The molecule has 0 aromatic carbocycles. The molecule has 1 aromatic rings. The number of methoxy groups -OCH3 is 2. The maximum Gasteiger partial charge on any atom is 0.252 e. The van der Waals surface area contributed by atoms with Crippen molar-refractivity contribution in [2.24, 2.45) is 7.05 Å². The number of carbonyl (C=O) groups excluding carboxylic acids is 2. The molecule has 1 aliphatic rings. The normalized spacial score (nSPS) is 18.2. The van der Waals surface area contributed by atoms with E-state index in [-0.39, 0.29) is 18.4 Å². The zero-order valence-corrected chi connectivity index (χ0v) is 15.5. The van der Waals surface area contributed by atoms with Gasteiger partial charge in [-0.05, 0) is 25.7 Å². The summed E-state index contributed by atoms with van der Waals surface area (Å²) < 4.78 is 12.3. The van der Waals surface area contributed by atoms with Gasteiger partial charge in [-0.25, -0.2) is 4.68 Å². The second-order valence-electron chi connectivity index (χ2n) is 6.17. The van der Waals surface area contributed by atoms with Crippen molar-refractivity contribution in [3.63, 3.8) is 0 Å². The Balaban J connectivity index is 1.98. The molecule has 1 N–H and O–H groups in total. The maximum absolute atomic E-state index is 12.4. The fourth-order valence-electron chi connectivity index (χ4n) is 3.18. The van der Waals surface area contributed by atoms with E-state index >= 15 is 0 Å². The van der Waals surface area contributed by atoms with Crippen LogP contribution >= 0.6 is 0 Å². The Morgan fingerprint density at radius 3 is 2.76 bits per heavy atom. The molecule has 1 saturated heterocycles. The van der Waals surface area contributed by atoms with Crippen molar-refractivity contribution < 1.29 is 19.1 Å². The van der Waals surface area contributed by atoms with Crippen LogP contribution in [0.3, 0.4) is 0 Å². The van der Waals surface area contributed by atoms with E-state index in [1.165, 1.54) is 7.11 Å². The monoisotopic (exact) mass is 352 g/mol. The number of likely N-dealkylation sites (tertiary alicyclic amines) is 1. The average Bonchev–Trinajstić information content (AvgIpc) is 2.81. The molecule has 1 fully saturated rings. The summed E-state index contributed by atoms with van der Waals surface area (Å²) in [6.45, 7) is 2.97. The summed E-state index contributed by atoms with van der Waals surface area (Å²) in [7, 11) is 4.93. The third-order valence-corrected chi connectivity index (χ3v) is 4.51. The molecule has 0 radical (unpaired) electrons. The molecular weight excluding hydrogens is 324 g/mol. The number of aromatic nitrogens is 2. The molecular formula is C17H28N4O4. The molecule has 8 heteroatoms. The third kappa shape index (κ3) is 4.50. The van der Waals surface area contributed by atoms with Crippen molar-refractivity contribution >= 4 is 11.8 Å². The van der Waals surface area contributed by atoms with Gasteiger partial charge in [-0.2, -0.15) is 5.10 Å². The molecule has 25 heavy (non-hydrogen) atoms. The summed E-state index contributed by atoms with van der Waals surface area (Å²) in [6, 6.07) is 0. The first-order chi connectivity index (χ1) is 12.0. The highest BCUT2D eigenvalue weighted by molar-refractivity contribution is 5.87. The Hall–Kier alpha value is -2.09. The van der Waals surface area contributed by atoms with E-state index in [1.54, 1.807) is 16.7 Å². The van der Waals surface area contributed by atoms with Crippen molar-refractivity contribution in [3.05, 3.63) is 11.3 Å². The van der Waals surface area contributed by atoms with Crippen LogP contribution in [0.4, 0.5) is 0 Å². The summed E-state index contributed by atoms with van der Waals surface area (Å²) in [5.74, 6) is 0.337. The van der Waals surface area contributed by atoms with Gasteiger partial charge in [-0.15, -0.1) is 0 Å². The van der Waals surface area contributed by atoms with Crippen molar-refractivity contribution in [3.8, 4) is 5.88 Å². The van der Waals surface area contributed by atoms with Gasteiger partial charge in [0.25, 0.3) is 5.91 Å². The summed E-state index contributed by atoms with van der Waals surface area (Å²) in [5.41, 5.74) is 1.77. The number of ether oxygens (including phenoxy) is 2. The van der Waals surface area contributed by atoms with Crippen LogP contribution in [0.2, 0.25) is 0 Å². The number of hydrogen-bond acceptors (Lipinski definition) is 5. The first-order valence-corrected chi connectivity index (χ1v) is 8.68. The lowest BCUT2D eigenvalue weighted by Crippen LogP contribution is -2.44. The van der Waals surface area contributed by atoms with Crippen molar-refractivity contribution in [1.82, 2.24) is 20.0 Å². The minimum Gasteiger partial charge on any atom is -0.481 e. The molecule has 2 amide bonds. The average molecular weight is 352 g/mol. The van der Waals surface area contributed by atoms with Crippen LogP contribution < -0.4 is 10.1 Å². The van der Waals surface area contributed by atoms with Crippen LogP contribution in [0.1, 0.15) is 37.4 Å². The van der Waals surface area contributed by atoms with Gasteiger partial charge in [0.1, 0.15) is 6.10 Å².